The van der Waals surface area contributed by atoms with Gasteiger partial charge in [-0.3, -0.25) is 0 Å². The topological polar surface area (TPSA) is 59.1 Å². The van der Waals surface area contributed by atoms with E-state index in [1.165, 1.54) is 4.88 Å². The van der Waals surface area contributed by atoms with Crippen molar-refractivity contribution in [2.45, 2.75) is 27.7 Å². The summed E-state index contributed by atoms with van der Waals surface area (Å²) < 4.78 is 5.59. The minimum Gasteiger partial charge on any atom is -0.379 e. The zero-order valence-corrected chi connectivity index (χ0v) is 14.0. The molecule has 2 N–H and O–H groups in total. The fourth-order valence-electron chi connectivity index (χ4n) is 1.97. The second-order valence-electron chi connectivity index (χ2n) is 5.40. The third kappa shape index (κ3) is 4.54. The highest BCUT2D eigenvalue weighted by Gasteiger charge is 2.10. The lowest BCUT2D eigenvalue weighted by atomic mass is 10.2. The smallest absolute Gasteiger partial charge is 0.226 e. The van der Waals surface area contributed by atoms with Gasteiger partial charge < -0.3 is 15.4 Å². The van der Waals surface area contributed by atoms with Crippen LogP contribution in [0.15, 0.2) is 6.07 Å². The first-order valence-electron chi connectivity index (χ1n) is 7.43. The number of fused-ring (bicyclic) bond motifs is 1. The fourth-order valence-corrected chi connectivity index (χ4v) is 2.85. The highest BCUT2D eigenvalue weighted by atomic mass is 32.1. The quantitative estimate of drug-likeness (QED) is 0.731. The second-order valence-corrected chi connectivity index (χ2v) is 6.63. The Kier molecular flexibility index (Phi) is 5.76. The highest BCUT2D eigenvalue weighted by molar-refractivity contribution is 7.18. The van der Waals surface area contributed by atoms with Crippen LogP contribution in [0, 0.1) is 12.8 Å². The van der Waals surface area contributed by atoms with Crippen molar-refractivity contribution in [2.24, 2.45) is 5.92 Å². The predicted molar refractivity (Wildman–Crippen MR) is 90.5 cm³/mol. The Labute approximate surface area is 130 Å². The van der Waals surface area contributed by atoms with E-state index in [1.54, 1.807) is 11.3 Å². The lowest BCUT2D eigenvalue weighted by Gasteiger charge is -2.10. The predicted octanol–water partition coefficient (Wildman–Crippen LogP) is 3.52. The number of hydrogen-bond acceptors (Lipinski definition) is 6. The average Bonchev–Trinajstić information content (AvgIpc) is 2.78. The van der Waals surface area contributed by atoms with Gasteiger partial charge in [-0.05, 0) is 25.8 Å². The Morgan fingerprint density at radius 3 is 2.81 bits per heavy atom. The SMILES string of the molecule is CCNc1nc(NCCOCC(C)C)c2cc(C)sc2n1. The van der Waals surface area contributed by atoms with E-state index >= 15 is 0 Å². The Balaban J connectivity index is 2.06. The third-order valence-electron chi connectivity index (χ3n) is 2.84. The molecule has 0 radical (unpaired) electrons. The second kappa shape index (κ2) is 7.56. The molecule has 0 spiro atoms. The molecule has 0 aliphatic rings. The van der Waals surface area contributed by atoms with E-state index in [9.17, 15) is 0 Å². The summed E-state index contributed by atoms with van der Waals surface area (Å²) in [5, 5.41) is 7.63. The Morgan fingerprint density at radius 2 is 2.10 bits per heavy atom. The molecule has 0 aliphatic heterocycles. The molecule has 0 aromatic carbocycles. The normalized spacial score (nSPS) is 11.3. The lowest BCUT2D eigenvalue weighted by molar-refractivity contribution is 0.118. The molecule has 5 nitrogen and oxygen atoms in total. The standard InChI is InChI=1S/C15H24N4OS/c1-5-16-15-18-13(17-6-7-20-9-10(2)3)12-8-11(4)21-14(12)19-15/h8,10H,5-7,9H2,1-4H3,(H2,16,17,18,19). The van der Waals surface area contributed by atoms with Crippen LogP contribution in [-0.2, 0) is 4.74 Å². The Morgan fingerprint density at radius 1 is 1.29 bits per heavy atom. The molecule has 0 unspecified atom stereocenters. The summed E-state index contributed by atoms with van der Waals surface area (Å²) in [5.74, 6) is 2.13. The number of ether oxygens (including phenoxy) is 1. The zero-order valence-electron chi connectivity index (χ0n) is 13.2. The summed E-state index contributed by atoms with van der Waals surface area (Å²) >= 11 is 1.69. The van der Waals surface area contributed by atoms with E-state index in [4.69, 9.17) is 4.74 Å². The minimum absolute atomic E-state index is 0.565. The molecule has 2 rings (SSSR count). The van der Waals surface area contributed by atoms with Crippen LogP contribution >= 0.6 is 11.3 Å². The molecule has 0 bridgehead atoms. The maximum atomic E-state index is 5.59. The monoisotopic (exact) mass is 308 g/mol. The number of aromatic nitrogens is 2. The van der Waals surface area contributed by atoms with Crippen LogP contribution in [-0.4, -0.2) is 36.3 Å². The van der Waals surface area contributed by atoms with Crippen molar-refractivity contribution in [1.29, 1.82) is 0 Å². The maximum absolute atomic E-state index is 5.59. The van der Waals surface area contributed by atoms with Crippen LogP contribution in [0.4, 0.5) is 11.8 Å². The Hall–Kier alpha value is -1.40. The van der Waals surface area contributed by atoms with Crippen molar-refractivity contribution in [2.75, 3.05) is 36.9 Å². The maximum Gasteiger partial charge on any atom is 0.226 e. The van der Waals surface area contributed by atoms with Crippen molar-refractivity contribution < 1.29 is 4.74 Å². The molecule has 6 heteroatoms. The molecule has 2 heterocycles. The first kappa shape index (κ1) is 16.0. The molecule has 2 aromatic heterocycles. The first-order chi connectivity index (χ1) is 10.1. The van der Waals surface area contributed by atoms with Gasteiger partial charge in [0.25, 0.3) is 0 Å². The average molecular weight is 308 g/mol. The number of hydrogen-bond donors (Lipinski definition) is 2. The largest absolute Gasteiger partial charge is 0.379 e. The van der Waals surface area contributed by atoms with Gasteiger partial charge in [0.05, 0.1) is 12.0 Å². The molecule has 0 aliphatic carbocycles. The van der Waals surface area contributed by atoms with Crippen LogP contribution < -0.4 is 10.6 Å². The number of nitrogens with one attached hydrogen (secondary N) is 2. The van der Waals surface area contributed by atoms with Crippen molar-refractivity contribution in [3.05, 3.63) is 10.9 Å². The van der Waals surface area contributed by atoms with Crippen molar-refractivity contribution in [3.63, 3.8) is 0 Å². The van der Waals surface area contributed by atoms with Crippen LogP contribution in [0.25, 0.3) is 10.2 Å². The summed E-state index contributed by atoms with van der Waals surface area (Å²) in [6.07, 6.45) is 0. The summed E-state index contributed by atoms with van der Waals surface area (Å²) in [6.45, 7) is 11.5. The number of anilines is 2. The third-order valence-corrected chi connectivity index (χ3v) is 3.79. The van der Waals surface area contributed by atoms with Crippen LogP contribution in [0.1, 0.15) is 25.6 Å². The molecule has 0 fully saturated rings. The van der Waals surface area contributed by atoms with Gasteiger partial charge in [0.1, 0.15) is 10.6 Å². The summed E-state index contributed by atoms with van der Waals surface area (Å²) in [6, 6.07) is 2.13. The molecule has 0 saturated heterocycles. The summed E-state index contributed by atoms with van der Waals surface area (Å²) in [4.78, 5) is 11.4. The van der Waals surface area contributed by atoms with Gasteiger partial charge in [0.15, 0.2) is 0 Å². The van der Waals surface area contributed by atoms with E-state index in [2.05, 4.69) is 47.4 Å². The van der Waals surface area contributed by atoms with Gasteiger partial charge in [0, 0.05) is 24.6 Å². The van der Waals surface area contributed by atoms with Gasteiger partial charge in [-0.25, -0.2) is 4.98 Å². The van der Waals surface area contributed by atoms with E-state index in [0.29, 0.717) is 18.5 Å². The number of nitrogens with zero attached hydrogens (tertiary/aromatic N) is 2. The molecule has 21 heavy (non-hydrogen) atoms. The number of thiophene rings is 1. The van der Waals surface area contributed by atoms with Gasteiger partial charge in [-0.15, -0.1) is 11.3 Å². The molecule has 2 aromatic rings. The van der Waals surface area contributed by atoms with Crippen LogP contribution in [0.2, 0.25) is 0 Å². The number of aryl methyl sites for hydroxylation is 1. The molecular weight excluding hydrogens is 284 g/mol. The van der Waals surface area contributed by atoms with E-state index in [1.807, 2.05) is 6.92 Å². The lowest BCUT2D eigenvalue weighted by Crippen LogP contribution is -2.14. The van der Waals surface area contributed by atoms with E-state index < -0.39 is 0 Å². The van der Waals surface area contributed by atoms with Crippen LogP contribution in [0.5, 0.6) is 0 Å². The fraction of sp³-hybridized carbons (Fsp3) is 0.600. The summed E-state index contributed by atoms with van der Waals surface area (Å²) in [7, 11) is 0. The van der Waals surface area contributed by atoms with Gasteiger partial charge in [-0.2, -0.15) is 4.98 Å². The van der Waals surface area contributed by atoms with Crippen LogP contribution in [0.3, 0.4) is 0 Å². The molecule has 116 valence electrons. The van der Waals surface area contributed by atoms with E-state index in [-0.39, 0.29) is 0 Å². The van der Waals surface area contributed by atoms with Crippen molar-refractivity contribution >= 4 is 33.3 Å². The van der Waals surface area contributed by atoms with Crippen molar-refractivity contribution in [1.82, 2.24) is 9.97 Å². The zero-order chi connectivity index (χ0) is 15.2. The summed E-state index contributed by atoms with van der Waals surface area (Å²) in [5.41, 5.74) is 0. The molecular formula is C15H24N4OS. The van der Waals surface area contributed by atoms with Gasteiger partial charge in [-0.1, -0.05) is 13.8 Å². The highest BCUT2D eigenvalue weighted by Crippen LogP contribution is 2.29. The molecule has 0 saturated carbocycles. The van der Waals surface area contributed by atoms with Gasteiger partial charge in [0.2, 0.25) is 5.95 Å². The number of rotatable bonds is 8. The van der Waals surface area contributed by atoms with Gasteiger partial charge >= 0.3 is 0 Å². The molecule has 0 atom stereocenters. The molecule has 0 amide bonds. The van der Waals surface area contributed by atoms with E-state index in [0.717, 1.165) is 35.7 Å². The first-order valence-corrected chi connectivity index (χ1v) is 8.25. The minimum atomic E-state index is 0.565. The Bertz CT molecular complexity index is 582. The van der Waals surface area contributed by atoms with Crippen molar-refractivity contribution in [3.8, 4) is 0 Å².